The van der Waals surface area contributed by atoms with E-state index in [1.165, 1.54) is 18.4 Å². The van der Waals surface area contributed by atoms with Crippen LogP contribution in [0.5, 0.6) is 5.75 Å². The van der Waals surface area contributed by atoms with Gasteiger partial charge in [-0.2, -0.15) is 0 Å². The van der Waals surface area contributed by atoms with Crippen molar-refractivity contribution in [1.82, 2.24) is 4.90 Å². The Kier molecular flexibility index (Phi) is 5.41. The Balaban J connectivity index is 1.59. The minimum Gasteiger partial charge on any atom is -0.494 e. The fourth-order valence-electron chi connectivity index (χ4n) is 2.52. The molecule has 142 valence electrons. The van der Waals surface area contributed by atoms with Crippen molar-refractivity contribution in [3.63, 3.8) is 0 Å². The third kappa shape index (κ3) is 4.62. The first kappa shape index (κ1) is 18.8. The molecule has 9 heteroatoms. The summed E-state index contributed by atoms with van der Waals surface area (Å²) in [5, 5.41) is 0. The highest BCUT2D eigenvalue weighted by atomic mass is 32.2. The SMILES string of the molecule is CCOc1ccc(C(=O)COC(=O)C2=CN3CCS(=O)(=O)N=C3C=C2)cc1. The van der Waals surface area contributed by atoms with Crippen LogP contribution in [0.1, 0.15) is 17.3 Å². The van der Waals surface area contributed by atoms with Gasteiger partial charge in [0.15, 0.2) is 12.4 Å². The van der Waals surface area contributed by atoms with Crippen LogP contribution in [0.4, 0.5) is 0 Å². The summed E-state index contributed by atoms with van der Waals surface area (Å²) in [4.78, 5) is 25.9. The Morgan fingerprint density at radius 1 is 1.19 bits per heavy atom. The van der Waals surface area contributed by atoms with Crippen LogP contribution in [0.25, 0.3) is 0 Å². The molecule has 8 nitrogen and oxygen atoms in total. The lowest BCUT2D eigenvalue weighted by molar-refractivity contribution is -0.137. The number of hydrogen-bond donors (Lipinski definition) is 0. The minimum absolute atomic E-state index is 0.126. The number of Topliss-reactive ketones (excluding diaryl/α,β-unsaturated/α-hetero) is 1. The molecule has 27 heavy (non-hydrogen) atoms. The van der Waals surface area contributed by atoms with Gasteiger partial charge >= 0.3 is 5.97 Å². The second-order valence-corrected chi connectivity index (χ2v) is 7.56. The molecule has 0 aromatic heterocycles. The van der Waals surface area contributed by atoms with E-state index in [1.54, 1.807) is 29.2 Å². The highest BCUT2D eigenvalue weighted by Crippen LogP contribution is 2.17. The van der Waals surface area contributed by atoms with Gasteiger partial charge in [-0.05, 0) is 43.3 Å². The molecule has 0 amide bonds. The molecule has 1 aromatic carbocycles. The molecular formula is C18H18N2O6S. The molecule has 0 saturated carbocycles. The number of esters is 1. The van der Waals surface area contributed by atoms with E-state index in [2.05, 4.69) is 4.40 Å². The number of ketones is 1. The van der Waals surface area contributed by atoms with E-state index in [1.807, 2.05) is 6.92 Å². The maximum atomic E-state index is 12.2. The van der Waals surface area contributed by atoms with E-state index in [-0.39, 0.29) is 29.5 Å². The Bertz CT molecular complexity index is 945. The summed E-state index contributed by atoms with van der Waals surface area (Å²) in [6, 6.07) is 6.57. The number of hydrogen-bond acceptors (Lipinski definition) is 7. The molecule has 1 aromatic rings. The standard InChI is InChI=1S/C18H18N2O6S/c1-2-25-15-6-3-13(4-7-15)16(21)12-26-18(22)14-5-8-17-19-27(23,24)10-9-20(17)11-14/h3-8,11H,2,9-10,12H2,1H3. The first-order valence-electron chi connectivity index (χ1n) is 8.30. The predicted molar refractivity (Wildman–Crippen MR) is 98.1 cm³/mol. The van der Waals surface area contributed by atoms with Gasteiger partial charge in [0, 0.05) is 18.3 Å². The van der Waals surface area contributed by atoms with Crippen molar-refractivity contribution >= 4 is 27.6 Å². The molecule has 3 rings (SSSR count). The predicted octanol–water partition coefficient (Wildman–Crippen LogP) is 1.31. The fourth-order valence-corrected chi connectivity index (χ4v) is 3.49. The van der Waals surface area contributed by atoms with Gasteiger partial charge in [0.25, 0.3) is 10.0 Å². The quantitative estimate of drug-likeness (QED) is 0.533. The van der Waals surface area contributed by atoms with Crippen LogP contribution in [-0.4, -0.2) is 56.4 Å². The monoisotopic (exact) mass is 390 g/mol. The van der Waals surface area contributed by atoms with E-state index in [0.29, 0.717) is 17.9 Å². The molecule has 0 fully saturated rings. The van der Waals surface area contributed by atoms with Gasteiger partial charge in [-0.3, -0.25) is 4.79 Å². The Hall–Kier alpha value is -2.94. The number of amidine groups is 1. The van der Waals surface area contributed by atoms with Crippen molar-refractivity contribution < 1.29 is 27.5 Å². The Morgan fingerprint density at radius 2 is 1.93 bits per heavy atom. The van der Waals surface area contributed by atoms with E-state index in [9.17, 15) is 18.0 Å². The number of ether oxygens (including phenoxy) is 2. The summed E-state index contributed by atoms with van der Waals surface area (Å²) >= 11 is 0. The number of sulfonamides is 1. The van der Waals surface area contributed by atoms with Crippen LogP contribution >= 0.6 is 0 Å². The second kappa shape index (κ2) is 7.75. The summed E-state index contributed by atoms with van der Waals surface area (Å²) in [7, 11) is -3.45. The molecule has 0 N–H and O–H groups in total. The maximum absolute atomic E-state index is 12.2. The molecule has 0 atom stereocenters. The van der Waals surface area contributed by atoms with Gasteiger partial charge in [0.05, 0.1) is 17.9 Å². The van der Waals surface area contributed by atoms with Crippen molar-refractivity contribution in [1.29, 1.82) is 0 Å². The Labute approximate surface area is 156 Å². The van der Waals surface area contributed by atoms with Crippen LogP contribution in [0.3, 0.4) is 0 Å². The summed E-state index contributed by atoms with van der Waals surface area (Å²) < 4.78 is 37.0. The normalized spacial score (nSPS) is 17.4. The van der Waals surface area contributed by atoms with Crippen molar-refractivity contribution in [3.05, 3.63) is 53.8 Å². The van der Waals surface area contributed by atoms with Gasteiger partial charge in [0.1, 0.15) is 11.6 Å². The molecule has 0 aliphatic carbocycles. The maximum Gasteiger partial charge on any atom is 0.340 e. The first-order valence-corrected chi connectivity index (χ1v) is 9.91. The Morgan fingerprint density at radius 3 is 2.63 bits per heavy atom. The van der Waals surface area contributed by atoms with Crippen molar-refractivity contribution in [2.24, 2.45) is 4.40 Å². The molecule has 0 spiro atoms. The summed E-state index contributed by atoms with van der Waals surface area (Å²) in [5.74, 6) is -0.219. The number of carbonyl (C=O) groups excluding carboxylic acids is 2. The lowest BCUT2D eigenvalue weighted by Gasteiger charge is -2.26. The highest BCUT2D eigenvalue weighted by Gasteiger charge is 2.25. The zero-order valence-electron chi connectivity index (χ0n) is 14.6. The molecular weight excluding hydrogens is 372 g/mol. The van der Waals surface area contributed by atoms with E-state index in [4.69, 9.17) is 9.47 Å². The van der Waals surface area contributed by atoms with E-state index < -0.39 is 22.6 Å². The van der Waals surface area contributed by atoms with Gasteiger partial charge < -0.3 is 14.4 Å². The zero-order chi connectivity index (χ0) is 19.4. The zero-order valence-corrected chi connectivity index (χ0v) is 15.4. The summed E-state index contributed by atoms with van der Waals surface area (Å²) in [6.07, 6.45) is 4.32. The summed E-state index contributed by atoms with van der Waals surface area (Å²) in [6.45, 7) is 2.20. The van der Waals surface area contributed by atoms with Gasteiger partial charge in [-0.15, -0.1) is 4.40 Å². The van der Waals surface area contributed by atoms with E-state index >= 15 is 0 Å². The molecule has 0 bridgehead atoms. The van der Waals surface area contributed by atoms with Crippen LogP contribution in [0.2, 0.25) is 0 Å². The number of fused-ring (bicyclic) bond motifs is 1. The lowest BCUT2D eigenvalue weighted by Crippen LogP contribution is -2.37. The third-order valence-corrected chi connectivity index (χ3v) is 5.04. The number of nitrogens with zero attached hydrogens (tertiary/aromatic N) is 2. The van der Waals surface area contributed by atoms with Gasteiger partial charge in [-0.25, -0.2) is 13.2 Å². The average molecular weight is 390 g/mol. The number of benzene rings is 1. The van der Waals surface area contributed by atoms with Gasteiger partial charge in [-0.1, -0.05) is 0 Å². The minimum atomic E-state index is -3.45. The van der Waals surface area contributed by atoms with Crippen LogP contribution < -0.4 is 4.74 Å². The average Bonchev–Trinajstić information content (AvgIpc) is 2.65. The van der Waals surface area contributed by atoms with E-state index in [0.717, 1.165) is 0 Å². The van der Waals surface area contributed by atoms with Crippen LogP contribution in [0.15, 0.2) is 52.6 Å². The molecule has 0 radical (unpaired) electrons. The molecule has 0 saturated heterocycles. The van der Waals surface area contributed by atoms with Crippen molar-refractivity contribution in [3.8, 4) is 5.75 Å². The molecule has 2 aliphatic heterocycles. The largest absolute Gasteiger partial charge is 0.494 e. The fraction of sp³-hybridized carbons (Fsp3) is 0.278. The lowest BCUT2D eigenvalue weighted by atomic mass is 10.1. The van der Waals surface area contributed by atoms with Gasteiger partial charge in [0.2, 0.25) is 0 Å². The second-order valence-electron chi connectivity index (χ2n) is 5.80. The molecule has 0 unspecified atom stereocenters. The van der Waals surface area contributed by atoms with Crippen molar-refractivity contribution in [2.45, 2.75) is 6.92 Å². The van der Waals surface area contributed by atoms with Crippen LogP contribution in [0, 0.1) is 0 Å². The van der Waals surface area contributed by atoms with Crippen molar-refractivity contribution in [2.75, 3.05) is 25.5 Å². The highest BCUT2D eigenvalue weighted by molar-refractivity contribution is 7.90. The molecule has 2 heterocycles. The van der Waals surface area contributed by atoms with Crippen LogP contribution in [-0.2, 0) is 19.6 Å². The summed E-state index contributed by atoms with van der Waals surface area (Å²) in [5.41, 5.74) is 0.628. The third-order valence-electron chi connectivity index (χ3n) is 3.88. The topological polar surface area (TPSA) is 102 Å². The number of rotatable bonds is 6. The first-order chi connectivity index (χ1) is 12.9. The number of carbonyl (C=O) groups is 2. The molecule has 2 aliphatic rings. The smallest absolute Gasteiger partial charge is 0.340 e.